The van der Waals surface area contributed by atoms with Gasteiger partial charge in [0.1, 0.15) is 4.90 Å². The summed E-state index contributed by atoms with van der Waals surface area (Å²) >= 11 is 0. The molecule has 0 bridgehead atoms. The molecule has 6 nitrogen and oxygen atoms in total. The van der Waals surface area contributed by atoms with E-state index in [9.17, 15) is 8.42 Å². The number of aromatic nitrogens is 2. The van der Waals surface area contributed by atoms with E-state index >= 15 is 0 Å². The lowest BCUT2D eigenvalue weighted by molar-refractivity contribution is 0.181. The Hall–Kier alpha value is -2.48. The lowest BCUT2D eigenvalue weighted by Gasteiger charge is -2.34. The van der Waals surface area contributed by atoms with Gasteiger partial charge in [0.25, 0.3) is 0 Å². The highest BCUT2D eigenvalue weighted by Crippen LogP contribution is 2.31. The first-order valence-corrected chi connectivity index (χ1v) is 12.1. The van der Waals surface area contributed by atoms with Crippen LogP contribution in [0.4, 0.5) is 0 Å². The van der Waals surface area contributed by atoms with E-state index in [4.69, 9.17) is 0 Å². The molecule has 1 fully saturated rings. The maximum Gasteiger partial charge on any atom is 0.246 e. The topological polar surface area (TPSA) is 58.4 Å². The molecule has 1 saturated heterocycles. The van der Waals surface area contributed by atoms with E-state index in [-0.39, 0.29) is 0 Å². The van der Waals surface area contributed by atoms with Crippen molar-refractivity contribution in [2.45, 2.75) is 37.6 Å². The zero-order chi connectivity index (χ0) is 22.1. The van der Waals surface area contributed by atoms with E-state index in [0.29, 0.717) is 36.8 Å². The normalized spacial score (nSPS) is 16.5. The Balaban J connectivity index is 1.57. The van der Waals surface area contributed by atoms with Crippen molar-refractivity contribution in [2.75, 3.05) is 26.2 Å². The van der Waals surface area contributed by atoms with Gasteiger partial charge < -0.3 is 0 Å². The van der Waals surface area contributed by atoms with Gasteiger partial charge in [-0.1, -0.05) is 69.3 Å². The van der Waals surface area contributed by atoms with Crippen molar-refractivity contribution in [1.82, 2.24) is 19.0 Å². The Bertz CT molecular complexity index is 1110. The number of nitrogens with zero attached hydrogens (tertiary/aromatic N) is 4. The first-order chi connectivity index (χ1) is 14.7. The summed E-state index contributed by atoms with van der Waals surface area (Å²) in [4.78, 5) is 2.61. The molecule has 3 aromatic rings. The molecular formula is C24H30N4O2S. The van der Waals surface area contributed by atoms with Crippen molar-refractivity contribution in [3.05, 3.63) is 78.1 Å². The van der Waals surface area contributed by atoms with E-state index < -0.39 is 15.4 Å². The fourth-order valence-corrected chi connectivity index (χ4v) is 5.63. The van der Waals surface area contributed by atoms with Gasteiger partial charge in [0.2, 0.25) is 10.0 Å². The first kappa shape index (κ1) is 21.7. The molecule has 0 spiro atoms. The number of para-hydroxylation sites is 1. The fourth-order valence-electron chi connectivity index (χ4n) is 3.89. The van der Waals surface area contributed by atoms with Crippen LogP contribution in [0.3, 0.4) is 0 Å². The SMILES string of the molecule is CC(C)(C)c1nn(-c2ccccc2)cc1S(=O)(=O)N1CCN(Cc2ccccc2)CC1. The third kappa shape index (κ3) is 4.74. The van der Waals surface area contributed by atoms with Crippen molar-refractivity contribution in [2.24, 2.45) is 0 Å². The molecule has 0 saturated carbocycles. The van der Waals surface area contributed by atoms with Gasteiger partial charge in [0.15, 0.2) is 0 Å². The van der Waals surface area contributed by atoms with Gasteiger partial charge in [0.05, 0.1) is 17.6 Å². The quantitative estimate of drug-likeness (QED) is 0.610. The van der Waals surface area contributed by atoms with Crippen molar-refractivity contribution in [3.63, 3.8) is 0 Å². The molecule has 0 atom stereocenters. The molecule has 1 aliphatic heterocycles. The molecule has 0 aliphatic carbocycles. The minimum Gasteiger partial charge on any atom is -0.296 e. The highest BCUT2D eigenvalue weighted by Gasteiger charge is 2.35. The molecule has 0 amide bonds. The average molecular weight is 439 g/mol. The zero-order valence-electron chi connectivity index (χ0n) is 18.4. The first-order valence-electron chi connectivity index (χ1n) is 10.7. The van der Waals surface area contributed by atoms with E-state index in [1.807, 2.05) is 69.3 Å². The Labute approximate surface area is 185 Å². The molecule has 2 aromatic carbocycles. The Kier molecular flexibility index (Phi) is 6.01. The molecule has 4 rings (SSSR count). The monoisotopic (exact) mass is 438 g/mol. The predicted octanol–water partition coefficient (Wildman–Crippen LogP) is 3.68. The number of rotatable bonds is 5. The van der Waals surface area contributed by atoms with Crippen LogP contribution in [0.15, 0.2) is 71.8 Å². The van der Waals surface area contributed by atoms with Crippen molar-refractivity contribution >= 4 is 10.0 Å². The van der Waals surface area contributed by atoms with Gasteiger partial charge in [-0.15, -0.1) is 0 Å². The molecule has 1 aromatic heterocycles. The third-order valence-corrected chi connectivity index (χ3v) is 7.51. The Morgan fingerprint density at radius 2 is 1.45 bits per heavy atom. The lowest BCUT2D eigenvalue weighted by Crippen LogP contribution is -2.48. The van der Waals surface area contributed by atoms with Crippen LogP contribution in [0.25, 0.3) is 5.69 Å². The maximum absolute atomic E-state index is 13.6. The number of benzene rings is 2. The molecule has 164 valence electrons. The van der Waals surface area contributed by atoms with Gasteiger partial charge in [-0.25, -0.2) is 13.1 Å². The minimum absolute atomic E-state index is 0.306. The standard InChI is InChI=1S/C24H30N4O2S/c1-24(2,3)23-22(19-28(25-23)21-12-8-5-9-13-21)31(29,30)27-16-14-26(15-17-27)18-20-10-6-4-7-11-20/h4-13,19H,14-18H2,1-3H3. The molecule has 0 N–H and O–H groups in total. The second-order valence-corrected chi connectivity index (χ2v) is 10.9. The van der Waals surface area contributed by atoms with Crippen LogP contribution in [0, 0.1) is 0 Å². The van der Waals surface area contributed by atoms with Gasteiger partial charge in [-0.2, -0.15) is 9.40 Å². The third-order valence-electron chi connectivity index (χ3n) is 5.61. The van der Waals surface area contributed by atoms with Gasteiger partial charge in [-0.3, -0.25) is 4.90 Å². The molecule has 0 radical (unpaired) electrons. The zero-order valence-corrected chi connectivity index (χ0v) is 19.2. The molecule has 31 heavy (non-hydrogen) atoms. The van der Waals surface area contributed by atoms with E-state index in [2.05, 4.69) is 22.1 Å². The van der Waals surface area contributed by atoms with E-state index in [0.717, 1.165) is 12.2 Å². The van der Waals surface area contributed by atoms with Crippen molar-refractivity contribution < 1.29 is 8.42 Å². The van der Waals surface area contributed by atoms with Gasteiger partial charge in [0, 0.05) is 38.1 Å². The van der Waals surface area contributed by atoms with Crippen LogP contribution in [-0.4, -0.2) is 53.6 Å². The van der Waals surface area contributed by atoms with Gasteiger partial charge in [-0.05, 0) is 17.7 Å². The molecule has 0 unspecified atom stereocenters. The van der Waals surface area contributed by atoms with Gasteiger partial charge >= 0.3 is 0 Å². The van der Waals surface area contributed by atoms with Crippen LogP contribution in [0.5, 0.6) is 0 Å². The highest BCUT2D eigenvalue weighted by atomic mass is 32.2. The van der Waals surface area contributed by atoms with Crippen LogP contribution in [0.2, 0.25) is 0 Å². The summed E-state index contributed by atoms with van der Waals surface area (Å²) in [7, 11) is -3.64. The minimum atomic E-state index is -3.64. The summed E-state index contributed by atoms with van der Waals surface area (Å²) in [6.45, 7) is 9.24. The second kappa shape index (κ2) is 8.57. The summed E-state index contributed by atoms with van der Waals surface area (Å²) in [5, 5.41) is 4.68. The number of hydrogen-bond donors (Lipinski definition) is 0. The summed E-state index contributed by atoms with van der Waals surface area (Å²) in [5.41, 5.74) is 2.31. The molecule has 7 heteroatoms. The van der Waals surface area contributed by atoms with Crippen molar-refractivity contribution in [1.29, 1.82) is 0 Å². The molecule has 1 aliphatic rings. The van der Waals surface area contributed by atoms with E-state index in [1.165, 1.54) is 5.56 Å². The summed E-state index contributed by atoms with van der Waals surface area (Å²) in [6, 6.07) is 19.9. The largest absolute Gasteiger partial charge is 0.296 e. The summed E-state index contributed by atoms with van der Waals surface area (Å²) < 4.78 is 30.5. The van der Waals surface area contributed by atoms with Crippen LogP contribution in [0.1, 0.15) is 32.0 Å². The smallest absolute Gasteiger partial charge is 0.246 e. The molecular weight excluding hydrogens is 408 g/mol. The summed E-state index contributed by atoms with van der Waals surface area (Å²) in [5.74, 6) is 0. The van der Waals surface area contributed by atoms with Crippen molar-refractivity contribution in [3.8, 4) is 5.69 Å². The molecule has 2 heterocycles. The predicted molar refractivity (Wildman–Crippen MR) is 123 cm³/mol. The van der Waals surface area contributed by atoms with Crippen LogP contribution >= 0.6 is 0 Å². The number of hydrogen-bond acceptors (Lipinski definition) is 4. The second-order valence-electron chi connectivity index (χ2n) is 9.04. The Morgan fingerprint density at radius 1 is 0.871 bits per heavy atom. The fraction of sp³-hybridized carbons (Fsp3) is 0.375. The lowest BCUT2D eigenvalue weighted by atomic mass is 9.92. The summed E-state index contributed by atoms with van der Waals surface area (Å²) in [6.07, 6.45) is 1.67. The van der Waals surface area contributed by atoms with E-state index in [1.54, 1.807) is 15.2 Å². The Morgan fingerprint density at radius 3 is 2.03 bits per heavy atom. The maximum atomic E-state index is 13.6. The number of piperazine rings is 1. The van der Waals surface area contributed by atoms with Crippen LogP contribution < -0.4 is 0 Å². The highest BCUT2D eigenvalue weighted by molar-refractivity contribution is 7.89. The number of sulfonamides is 1. The average Bonchev–Trinajstić information content (AvgIpc) is 3.23. The van der Waals surface area contributed by atoms with Crippen LogP contribution in [-0.2, 0) is 22.0 Å².